The van der Waals surface area contributed by atoms with Crippen LogP contribution in [0.3, 0.4) is 0 Å². The number of halogens is 3. The Kier molecular flexibility index (Phi) is 7.40. The van der Waals surface area contributed by atoms with Gasteiger partial charge in [-0.25, -0.2) is 4.79 Å². The fraction of sp³-hybridized carbons (Fsp3) is 0.344. The van der Waals surface area contributed by atoms with Crippen molar-refractivity contribution in [3.8, 4) is 34.0 Å². The van der Waals surface area contributed by atoms with Gasteiger partial charge in [0.2, 0.25) is 5.82 Å². The molecule has 0 fully saturated rings. The van der Waals surface area contributed by atoms with Crippen LogP contribution in [-0.4, -0.2) is 39.3 Å². The number of amides is 1. The van der Waals surface area contributed by atoms with Crippen LogP contribution in [0.4, 0.5) is 18.0 Å². The van der Waals surface area contributed by atoms with Crippen LogP contribution in [0.1, 0.15) is 44.4 Å². The van der Waals surface area contributed by atoms with Crippen LogP contribution < -0.4 is 0 Å². The minimum absolute atomic E-state index is 0.0178. The monoisotopic (exact) mass is 563 g/mol. The molecule has 9 heteroatoms. The van der Waals surface area contributed by atoms with Crippen LogP contribution in [0.15, 0.2) is 71.3 Å². The quantitative estimate of drug-likeness (QED) is 0.265. The summed E-state index contributed by atoms with van der Waals surface area (Å²) >= 11 is 0. The molecule has 0 saturated heterocycles. The van der Waals surface area contributed by atoms with Gasteiger partial charge in [0.15, 0.2) is 0 Å². The van der Waals surface area contributed by atoms with E-state index in [0.29, 0.717) is 30.6 Å². The van der Waals surface area contributed by atoms with E-state index in [0.717, 1.165) is 17.2 Å². The fourth-order valence-electron chi connectivity index (χ4n) is 6.19. The van der Waals surface area contributed by atoms with Crippen LogP contribution in [-0.2, 0) is 18.0 Å². The summed E-state index contributed by atoms with van der Waals surface area (Å²) in [6.07, 6.45) is -5.00. The fourth-order valence-corrected chi connectivity index (χ4v) is 6.19. The Bertz CT molecular complexity index is 1550. The third-order valence-electron chi connectivity index (χ3n) is 8.38. The summed E-state index contributed by atoms with van der Waals surface area (Å²) in [7, 11) is 0. The molecule has 6 nitrogen and oxygen atoms in total. The number of hydrogen-bond acceptors (Lipinski definition) is 4. The maximum absolute atomic E-state index is 14.0. The number of rotatable bonds is 5. The lowest BCUT2D eigenvalue weighted by Gasteiger charge is -2.44. The Morgan fingerprint density at radius 3 is 2.27 bits per heavy atom. The van der Waals surface area contributed by atoms with E-state index in [2.05, 4.69) is 37.8 Å². The molecule has 214 valence electrons. The number of carboxylic acid groups (broad SMARTS) is 1. The number of alkyl halides is 3. The number of aromatic nitrogens is 2. The minimum atomic E-state index is -4.58. The molecule has 1 N–H and O–H groups in total. The van der Waals surface area contributed by atoms with E-state index in [9.17, 15) is 23.1 Å². The van der Waals surface area contributed by atoms with E-state index >= 15 is 0 Å². The summed E-state index contributed by atoms with van der Waals surface area (Å²) < 4.78 is 47.6. The van der Waals surface area contributed by atoms with E-state index in [1.54, 1.807) is 36.4 Å². The SMILES string of the molecule is CC(C)C1(C(C)C)CN(C(=O)O)CCc2cc(-c3noc(-c4ccc(-c5ccccc5)c(C(F)(F)F)c4)n3)ccc21. The lowest BCUT2D eigenvalue weighted by molar-refractivity contribution is -0.137. The highest BCUT2D eigenvalue weighted by Crippen LogP contribution is 2.45. The first-order valence-electron chi connectivity index (χ1n) is 13.6. The zero-order valence-corrected chi connectivity index (χ0v) is 23.4. The van der Waals surface area contributed by atoms with Crippen molar-refractivity contribution in [2.24, 2.45) is 11.8 Å². The molecule has 4 aromatic rings. The van der Waals surface area contributed by atoms with Crippen molar-refractivity contribution in [3.05, 3.63) is 83.4 Å². The van der Waals surface area contributed by atoms with Crippen LogP contribution >= 0.6 is 0 Å². The molecule has 0 aliphatic carbocycles. The highest BCUT2D eigenvalue weighted by atomic mass is 19.4. The van der Waals surface area contributed by atoms with Gasteiger partial charge < -0.3 is 14.5 Å². The van der Waals surface area contributed by atoms with Gasteiger partial charge in [0.25, 0.3) is 5.89 Å². The van der Waals surface area contributed by atoms with Gasteiger partial charge in [0.1, 0.15) is 0 Å². The highest BCUT2D eigenvalue weighted by molar-refractivity contribution is 5.73. The highest BCUT2D eigenvalue weighted by Gasteiger charge is 2.44. The Hall–Kier alpha value is -4.14. The molecule has 0 bridgehead atoms. The summed E-state index contributed by atoms with van der Waals surface area (Å²) in [5.41, 5.74) is 2.29. The molecule has 0 spiro atoms. The average molecular weight is 564 g/mol. The molecule has 3 aromatic carbocycles. The van der Waals surface area contributed by atoms with Crippen molar-refractivity contribution in [1.29, 1.82) is 0 Å². The molecule has 1 amide bonds. The van der Waals surface area contributed by atoms with E-state index < -0.39 is 17.8 Å². The summed E-state index contributed by atoms with van der Waals surface area (Å²) in [5, 5.41) is 13.9. The lowest BCUT2D eigenvalue weighted by atomic mass is 9.63. The normalized spacial score (nSPS) is 15.2. The van der Waals surface area contributed by atoms with Crippen LogP contribution in [0.5, 0.6) is 0 Å². The molecule has 0 radical (unpaired) electrons. The Labute approximate surface area is 236 Å². The van der Waals surface area contributed by atoms with E-state index in [4.69, 9.17) is 4.52 Å². The molecule has 0 unspecified atom stereocenters. The summed E-state index contributed by atoms with van der Waals surface area (Å²) in [6, 6.07) is 18.3. The lowest BCUT2D eigenvalue weighted by Crippen LogP contribution is -2.48. The molecular weight excluding hydrogens is 531 g/mol. The standard InChI is InChI=1S/C32H32F3N3O3/c1-19(2)31(20(3)4)18-38(30(39)40)15-14-22-16-23(11-13-26(22)31)28-36-29(41-37-28)24-10-12-25(21-8-6-5-7-9-21)27(17-24)32(33,34)35/h5-13,16-17,19-20H,14-15,18H2,1-4H3,(H,39,40). The predicted molar refractivity (Wildman–Crippen MR) is 150 cm³/mol. The first-order chi connectivity index (χ1) is 19.4. The zero-order valence-electron chi connectivity index (χ0n) is 23.4. The van der Waals surface area contributed by atoms with Gasteiger partial charge in [0.05, 0.1) is 5.56 Å². The van der Waals surface area contributed by atoms with E-state index in [1.165, 1.54) is 11.0 Å². The smallest absolute Gasteiger partial charge is 0.417 e. The van der Waals surface area contributed by atoms with Crippen molar-refractivity contribution in [2.75, 3.05) is 13.1 Å². The van der Waals surface area contributed by atoms with Gasteiger partial charge >= 0.3 is 12.3 Å². The molecule has 1 aromatic heterocycles. The summed E-state index contributed by atoms with van der Waals surface area (Å²) in [4.78, 5) is 18.0. The first-order valence-corrected chi connectivity index (χ1v) is 13.6. The van der Waals surface area contributed by atoms with E-state index in [1.807, 2.05) is 18.2 Å². The van der Waals surface area contributed by atoms with E-state index in [-0.39, 0.29) is 40.1 Å². The Balaban J connectivity index is 1.54. The van der Waals surface area contributed by atoms with Crippen LogP contribution in [0.2, 0.25) is 0 Å². The average Bonchev–Trinajstić information content (AvgIpc) is 3.35. The van der Waals surface area contributed by atoms with Crippen LogP contribution in [0.25, 0.3) is 34.0 Å². The third-order valence-corrected chi connectivity index (χ3v) is 8.38. The van der Waals surface area contributed by atoms with Crippen molar-refractivity contribution in [2.45, 2.75) is 45.7 Å². The molecular formula is C32H32F3N3O3. The molecule has 1 aliphatic rings. The maximum Gasteiger partial charge on any atom is 0.417 e. The van der Waals surface area contributed by atoms with Gasteiger partial charge in [-0.05, 0) is 58.7 Å². The molecule has 5 rings (SSSR count). The number of hydrogen-bond donors (Lipinski definition) is 1. The molecule has 0 saturated carbocycles. The molecule has 1 aliphatic heterocycles. The van der Waals surface area contributed by atoms with Crippen molar-refractivity contribution < 1.29 is 27.6 Å². The van der Waals surface area contributed by atoms with Gasteiger partial charge in [0, 0.05) is 29.6 Å². The number of fused-ring (bicyclic) bond motifs is 1. The third kappa shape index (κ3) is 5.21. The van der Waals surface area contributed by atoms with Gasteiger partial charge in [-0.3, -0.25) is 0 Å². The Morgan fingerprint density at radius 1 is 0.951 bits per heavy atom. The number of nitrogens with zero attached hydrogens (tertiary/aromatic N) is 3. The zero-order chi connectivity index (χ0) is 29.5. The topological polar surface area (TPSA) is 79.5 Å². The first kappa shape index (κ1) is 28.4. The van der Waals surface area contributed by atoms with Crippen LogP contribution in [0, 0.1) is 11.8 Å². The molecule has 41 heavy (non-hydrogen) atoms. The summed E-state index contributed by atoms with van der Waals surface area (Å²) in [5.74, 6) is 0.578. The van der Waals surface area contributed by atoms with Crippen molar-refractivity contribution >= 4 is 6.09 Å². The Morgan fingerprint density at radius 2 is 1.63 bits per heavy atom. The second kappa shape index (κ2) is 10.7. The molecule has 2 heterocycles. The second-order valence-electron chi connectivity index (χ2n) is 11.2. The maximum atomic E-state index is 14.0. The number of carbonyl (C=O) groups is 1. The number of benzene rings is 3. The summed E-state index contributed by atoms with van der Waals surface area (Å²) in [6.45, 7) is 9.23. The van der Waals surface area contributed by atoms with Crippen molar-refractivity contribution in [3.63, 3.8) is 0 Å². The van der Waals surface area contributed by atoms with Gasteiger partial charge in [-0.2, -0.15) is 18.2 Å². The predicted octanol–water partition coefficient (Wildman–Crippen LogP) is 8.18. The van der Waals surface area contributed by atoms with Gasteiger partial charge in [-0.1, -0.05) is 81.4 Å². The molecule has 0 atom stereocenters. The largest absolute Gasteiger partial charge is 0.465 e. The minimum Gasteiger partial charge on any atom is -0.465 e. The van der Waals surface area contributed by atoms with Crippen molar-refractivity contribution in [1.82, 2.24) is 15.0 Å². The second-order valence-corrected chi connectivity index (χ2v) is 11.2. The van der Waals surface area contributed by atoms with Gasteiger partial charge in [-0.15, -0.1) is 0 Å².